The van der Waals surface area contributed by atoms with E-state index in [1.165, 1.54) is 225 Å². The van der Waals surface area contributed by atoms with Crippen LogP contribution in [0, 0.1) is 5.92 Å². The van der Waals surface area contributed by atoms with E-state index < -0.39 is 6.10 Å². The molecule has 0 saturated heterocycles. The summed E-state index contributed by atoms with van der Waals surface area (Å²) in [7, 11) is 0. The summed E-state index contributed by atoms with van der Waals surface area (Å²) in [6.07, 6.45) is 56.5. The first-order valence-electron chi connectivity index (χ1n) is 28.9. The maximum absolute atomic E-state index is 12.8. The van der Waals surface area contributed by atoms with Crippen molar-refractivity contribution >= 4 is 17.9 Å². The average Bonchev–Trinajstić information content (AvgIpc) is 3.29. The molecule has 0 aliphatic heterocycles. The van der Waals surface area contributed by atoms with Gasteiger partial charge in [-0.25, -0.2) is 0 Å². The van der Waals surface area contributed by atoms with Crippen molar-refractivity contribution in [1.29, 1.82) is 0 Å². The molecule has 0 fully saturated rings. The van der Waals surface area contributed by atoms with Crippen molar-refractivity contribution in [3.05, 3.63) is 0 Å². The highest BCUT2D eigenvalue weighted by Crippen LogP contribution is 2.18. The topological polar surface area (TPSA) is 78.9 Å². The molecule has 0 spiro atoms. The molecular weight excluding hydrogens is 793 g/mol. The zero-order valence-corrected chi connectivity index (χ0v) is 43.8. The van der Waals surface area contributed by atoms with Crippen LogP contribution < -0.4 is 0 Å². The molecule has 0 aliphatic rings. The standard InChI is InChI=1S/C58H112O6/c1-5-8-10-12-14-16-18-20-22-24-29-33-37-41-45-49-56(59)62-52-55(64-58(61)51-47-43-39-35-31-25-23-21-19-17-15-13-11-9-6-2)53-63-57(60)50-46-42-38-34-30-27-26-28-32-36-40-44-48-54(4)7-3/h54-55H,5-53H2,1-4H3. The van der Waals surface area contributed by atoms with Gasteiger partial charge >= 0.3 is 17.9 Å². The maximum Gasteiger partial charge on any atom is 0.306 e. The van der Waals surface area contributed by atoms with Crippen LogP contribution in [-0.4, -0.2) is 37.2 Å². The zero-order valence-electron chi connectivity index (χ0n) is 43.8. The van der Waals surface area contributed by atoms with E-state index in [4.69, 9.17) is 14.2 Å². The molecule has 2 unspecified atom stereocenters. The van der Waals surface area contributed by atoms with Crippen molar-refractivity contribution in [1.82, 2.24) is 0 Å². The number of ether oxygens (including phenoxy) is 3. The highest BCUT2D eigenvalue weighted by molar-refractivity contribution is 5.71. The monoisotopic (exact) mass is 905 g/mol. The lowest BCUT2D eigenvalue weighted by Gasteiger charge is -2.18. The van der Waals surface area contributed by atoms with Gasteiger partial charge in [0.05, 0.1) is 0 Å². The van der Waals surface area contributed by atoms with Gasteiger partial charge in [0, 0.05) is 19.3 Å². The number of carbonyl (C=O) groups is 3. The van der Waals surface area contributed by atoms with Crippen LogP contribution in [0.3, 0.4) is 0 Å². The summed E-state index contributed by atoms with van der Waals surface area (Å²) < 4.78 is 16.9. The molecule has 0 rings (SSSR count). The Morgan fingerprint density at radius 3 is 0.812 bits per heavy atom. The number of rotatable bonds is 53. The van der Waals surface area contributed by atoms with E-state index in [1.54, 1.807) is 0 Å². The molecule has 64 heavy (non-hydrogen) atoms. The smallest absolute Gasteiger partial charge is 0.306 e. The van der Waals surface area contributed by atoms with Crippen LogP contribution in [0.1, 0.15) is 329 Å². The number of carbonyl (C=O) groups excluding carboxylic acids is 3. The van der Waals surface area contributed by atoms with Crippen LogP contribution in [0.2, 0.25) is 0 Å². The Labute approximate surface area is 399 Å². The summed E-state index contributed by atoms with van der Waals surface area (Å²) >= 11 is 0. The molecule has 0 aromatic rings. The molecule has 0 amide bonds. The van der Waals surface area contributed by atoms with Crippen molar-refractivity contribution in [2.45, 2.75) is 336 Å². The largest absolute Gasteiger partial charge is 0.462 e. The third kappa shape index (κ3) is 49.8. The molecule has 0 radical (unpaired) electrons. The maximum atomic E-state index is 12.8. The van der Waals surface area contributed by atoms with Gasteiger partial charge in [-0.1, -0.05) is 291 Å². The van der Waals surface area contributed by atoms with Gasteiger partial charge in [0.25, 0.3) is 0 Å². The second-order valence-corrected chi connectivity index (χ2v) is 20.2. The highest BCUT2D eigenvalue weighted by atomic mass is 16.6. The van der Waals surface area contributed by atoms with Crippen LogP contribution >= 0.6 is 0 Å². The molecule has 380 valence electrons. The van der Waals surface area contributed by atoms with Crippen LogP contribution in [0.4, 0.5) is 0 Å². The molecule has 0 aromatic heterocycles. The van der Waals surface area contributed by atoms with Gasteiger partial charge in [-0.05, 0) is 25.2 Å². The third-order valence-electron chi connectivity index (χ3n) is 13.7. The quantitative estimate of drug-likeness (QED) is 0.0344. The van der Waals surface area contributed by atoms with Crippen molar-refractivity contribution in [2.24, 2.45) is 5.92 Å². The number of unbranched alkanes of at least 4 members (excludes halogenated alkanes) is 39. The Morgan fingerprint density at radius 2 is 0.547 bits per heavy atom. The first-order valence-corrected chi connectivity index (χ1v) is 28.9. The minimum Gasteiger partial charge on any atom is -0.462 e. The van der Waals surface area contributed by atoms with Gasteiger partial charge in [0.2, 0.25) is 0 Å². The summed E-state index contributed by atoms with van der Waals surface area (Å²) in [5.41, 5.74) is 0. The lowest BCUT2D eigenvalue weighted by atomic mass is 9.99. The van der Waals surface area contributed by atoms with Gasteiger partial charge in [0.1, 0.15) is 13.2 Å². The van der Waals surface area contributed by atoms with Crippen LogP contribution in [0.25, 0.3) is 0 Å². The van der Waals surface area contributed by atoms with E-state index in [1.807, 2.05) is 0 Å². The molecule has 0 heterocycles. The van der Waals surface area contributed by atoms with Crippen LogP contribution in [-0.2, 0) is 28.6 Å². The number of esters is 3. The molecule has 0 saturated carbocycles. The minimum atomic E-state index is -0.762. The van der Waals surface area contributed by atoms with Crippen LogP contribution in [0.5, 0.6) is 0 Å². The van der Waals surface area contributed by atoms with Gasteiger partial charge in [0.15, 0.2) is 6.10 Å². The Kier molecular flexibility index (Phi) is 51.1. The average molecular weight is 906 g/mol. The zero-order chi connectivity index (χ0) is 46.7. The molecule has 6 nitrogen and oxygen atoms in total. The van der Waals surface area contributed by atoms with E-state index in [0.717, 1.165) is 63.7 Å². The fraction of sp³-hybridized carbons (Fsp3) is 0.948. The van der Waals surface area contributed by atoms with Gasteiger partial charge in [-0.15, -0.1) is 0 Å². The first-order chi connectivity index (χ1) is 31.4. The van der Waals surface area contributed by atoms with E-state index in [-0.39, 0.29) is 31.1 Å². The number of hydrogen-bond donors (Lipinski definition) is 0. The van der Waals surface area contributed by atoms with Crippen molar-refractivity contribution in [3.63, 3.8) is 0 Å². The third-order valence-corrected chi connectivity index (χ3v) is 13.7. The highest BCUT2D eigenvalue weighted by Gasteiger charge is 2.19. The second-order valence-electron chi connectivity index (χ2n) is 20.2. The predicted octanol–water partition coefficient (Wildman–Crippen LogP) is 19.0. The summed E-state index contributed by atoms with van der Waals surface area (Å²) in [5.74, 6) is 0.0500. The Hall–Kier alpha value is -1.59. The van der Waals surface area contributed by atoms with Crippen molar-refractivity contribution in [3.8, 4) is 0 Å². The van der Waals surface area contributed by atoms with Gasteiger partial charge in [-0.3, -0.25) is 14.4 Å². The first kappa shape index (κ1) is 62.4. The van der Waals surface area contributed by atoms with E-state index >= 15 is 0 Å². The summed E-state index contributed by atoms with van der Waals surface area (Å²) in [4.78, 5) is 38.1. The van der Waals surface area contributed by atoms with Gasteiger partial charge in [-0.2, -0.15) is 0 Å². The Bertz CT molecular complexity index is 966. The fourth-order valence-corrected chi connectivity index (χ4v) is 8.89. The SMILES string of the molecule is CCCCCCCCCCCCCCCCCC(=O)OCC(COC(=O)CCCCCCCCCCCCCCC(C)CC)OC(=O)CCCCCCCCCCCCCCCCC. The van der Waals surface area contributed by atoms with Crippen LogP contribution in [0.15, 0.2) is 0 Å². The molecule has 0 N–H and O–H groups in total. The van der Waals surface area contributed by atoms with Crippen molar-refractivity contribution < 1.29 is 28.6 Å². The molecular formula is C58H112O6. The lowest BCUT2D eigenvalue weighted by Crippen LogP contribution is -2.30. The molecule has 6 heteroatoms. The summed E-state index contributed by atoms with van der Waals surface area (Å²) in [5, 5.41) is 0. The fourth-order valence-electron chi connectivity index (χ4n) is 8.89. The lowest BCUT2D eigenvalue weighted by molar-refractivity contribution is -0.167. The molecule has 2 atom stereocenters. The Morgan fingerprint density at radius 1 is 0.312 bits per heavy atom. The molecule has 0 aromatic carbocycles. The summed E-state index contributed by atoms with van der Waals surface area (Å²) in [6.45, 7) is 9.09. The second kappa shape index (κ2) is 52.4. The molecule has 0 aliphatic carbocycles. The predicted molar refractivity (Wildman–Crippen MR) is 275 cm³/mol. The van der Waals surface area contributed by atoms with E-state index in [2.05, 4.69) is 27.7 Å². The van der Waals surface area contributed by atoms with E-state index in [0.29, 0.717) is 19.3 Å². The normalized spacial score (nSPS) is 12.4. The van der Waals surface area contributed by atoms with Gasteiger partial charge < -0.3 is 14.2 Å². The van der Waals surface area contributed by atoms with E-state index in [9.17, 15) is 14.4 Å². The number of hydrogen-bond acceptors (Lipinski definition) is 6. The molecule has 0 bridgehead atoms. The Balaban J connectivity index is 4.31. The minimum absolute atomic E-state index is 0.0618. The van der Waals surface area contributed by atoms with Crippen molar-refractivity contribution in [2.75, 3.05) is 13.2 Å². The summed E-state index contributed by atoms with van der Waals surface area (Å²) in [6, 6.07) is 0.